The number of hydrogen-bond acceptors (Lipinski definition) is 4. The van der Waals surface area contributed by atoms with Gasteiger partial charge in [-0.05, 0) is 12.0 Å². The molecular weight excluding hydrogens is 324 g/mol. The molecule has 0 spiro atoms. The third kappa shape index (κ3) is 3.17. The highest BCUT2D eigenvalue weighted by atomic mass is 32.2. The van der Waals surface area contributed by atoms with E-state index in [1.54, 1.807) is 18.8 Å². The Morgan fingerprint density at radius 3 is 2.67 bits per heavy atom. The monoisotopic (exact) mass is 344 g/mol. The fraction of sp³-hybridized carbons (Fsp3) is 0.353. The molecule has 3 aromatic rings. The van der Waals surface area contributed by atoms with Crippen LogP contribution in [0.2, 0.25) is 0 Å². The van der Waals surface area contributed by atoms with Gasteiger partial charge in [0.25, 0.3) is 5.56 Å². The number of rotatable bonds is 6. The number of fused-ring (bicyclic) bond motifs is 1. The van der Waals surface area contributed by atoms with Gasteiger partial charge in [-0.3, -0.25) is 14.3 Å². The third-order valence-electron chi connectivity index (χ3n) is 3.92. The van der Waals surface area contributed by atoms with Gasteiger partial charge in [-0.15, -0.1) is 0 Å². The fourth-order valence-corrected chi connectivity index (χ4v) is 3.55. The first-order valence-corrected chi connectivity index (χ1v) is 8.96. The minimum absolute atomic E-state index is 0.372. The molecule has 0 aliphatic rings. The maximum Gasteiger partial charge on any atom is 0.329 e. The number of H-pyrrole nitrogens is 1. The van der Waals surface area contributed by atoms with Crippen LogP contribution >= 0.6 is 11.8 Å². The molecule has 2 heterocycles. The van der Waals surface area contributed by atoms with Crippen LogP contribution in [0.4, 0.5) is 0 Å². The van der Waals surface area contributed by atoms with Gasteiger partial charge in [-0.1, -0.05) is 55.4 Å². The maximum absolute atomic E-state index is 12.3. The number of unbranched alkanes of at least 4 members (excludes halogenated alkanes) is 1. The molecule has 0 amide bonds. The molecule has 6 nitrogen and oxygen atoms in total. The molecular formula is C17H20N4O2S. The fourth-order valence-electron chi connectivity index (χ4n) is 2.57. The molecule has 1 aromatic carbocycles. The Morgan fingerprint density at radius 1 is 1.21 bits per heavy atom. The highest BCUT2D eigenvalue weighted by molar-refractivity contribution is 7.98. The molecule has 0 atom stereocenters. The molecule has 7 heteroatoms. The number of aryl methyl sites for hydroxylation is 2. The van der Waals surface area contributed by atoms with Crippen molar-refractivity contribution in [2.75, 3.05) is 0 Å². The number of benzene rings is 1. The first-order valence-electron chi connectivity index (χ1n) is 7.98. The van der Waals surface area contributed by atoms with E-state index in [1.165, 1.54) is 10.1 Å². The van der Waals surface area contributed by atoms with E-state index in [9.17, 15) is 9.59 Å². The van der Waals surface area contributed by atoms with E-state index in [2.05, 4.69) is 29.0 Å². The van der Waals surface area contributed by atoms with Crippen molar-refractivity contribution in [3.05, 3.63) is 56.7 Å². The van der Waals surface area contributed by atoms with Gasteiger partial charge in [0, 0.05) is 19.3 Å². The number of thioether (sulfide) groups is 1. The number of aromatic amines is 1. The number of aromatic nitrogens is 4. The van der Waals surface area contributed by atoms with Crippen LogP contribution in [-0.2, 0) is 19.3 Å². The first-order chi connectivity index (χ1) is 11.6. The SMILES string of the molecule is CCCCn1c(SCc2ccccc2)nc2c1c(=O)[nH]c(=O)n2C. The summed E-state index contributed by atoms with van der Waals surface area (Å²) in [6.07, 6.45) is 1.97. The molecule has 0 unspecified atom stereocenters. The molecule has 126 valence electrons. The average molecular weight is 344 g/mol. The predicted molar refractivity (Wildman–Crippen MR) is 96.5 cm³/mol. The number of nitrogens with one attached hydrogen (secondary N) is 1. The molecule has 0 aliphatic heterocycles. The summed E-state index contributed by atoms with van der Waals surface area (Å²) in [4.78, 5) is 31.0. The van der Waals surface area contributed by atoms with Gasteiger partial charge in [-0.2, -0.15) is 0 Å². The van der Waals surface area contributed by atoms with Crippen LogP contribution in [0.15, 0.2) is 45.1 Å². The van der Waals surface area contributed by atoms with Crippen molar-refractivity contribution in [3.63, 3.8) is 0 Å². The summed E-state index contributed by atoms with van der Waals surface area (Å²) in [6.45, 7) is 2.82. The molecule has 0 saturated heterocycles. The van der Waals surface area contributed by atoms with E-state index in [0.29, 0.717) is 17.7 Å². The second kappa shape index (κ2) is 7.09. The van der Waals surface area contributed by atoms with Crippen molar-refractivity contribution in [1.82, 2.24) is 19.1 Å². The van der Waals surface area contributed by atoms with Crippen LogP contribution in [-0.4, -0.2) is 19.1 Å². The first kappa shape index (κ1) is 16.6. The number of imidazole rings is 1. The zero-order chi connectivity index (χ0) is 17.1. The Kier molecular flexibility index (Phi) is 4.89. The van der Waals surface area contributed by atoms with Gasteiger partial charge in [0.1, 0.15) is 0 Å². The molecule has 0 fully saturated rings. The Bertz CT molecular complexity index is 956. The lowest BCUT2D eigenvalue weighted by atomic mass is 10.2. The molecule has 2 aromatic heterocycles. The second-order valence-electron chi connectivity index (χ2n) is 5.66. The van der Waals surface area contributed by atoms with Gasteiger partial charge in [0.15, 0.2) is 16.3 Å². The molecule has 0 aliphatic carbocycles. The van der Waals surface area contributed by atoms with E-state index in [-0.39, 0.29) is 5.56 Å². The molecule has 0 radical (unpaired) electrons. The average Bonchev–Trinajstić information content (AvgIpc) is 2.96. The van der Waals surface area contributed by atoms with Gasteiger partial charge in [-0.25, -0.2) is 9.78 Å². The topological polar surface area (TPSA) is 72.7 Å². The lowest BCUT2D eigenvalue weighted by molar-refractivity contribution is 0.600. The minimum atomic E-state index is -0.438. The van der Waals surface area contributed by atoms with E-state index in [1.807, 2.05) is 22.8 Å². The van der Waals surface area contributed by atoms with Crippen LogP contribution in [0.3, 0.4) is 0 Å². The van der Waals surface area contributed by atoms with Crippen LogP contribution in [0.1, 0.15) is 25.3 Å². The van der Waals surface area contributed by atoms with Crippen LogP contribution in [0.5, 0.6) is 0 Å². The van der Waals surface area contributed by atoms with Crippen molar-refractivity contribution in [2.45, 2.75) is 37.2 Å². The zero-order valence-corrected chi connectivity index (χ0v) is 14.6. The Hall–Kier alpha value is -2.28. The van der Waals surface area contributed by atoms with Crippen LogP contribution in [0.25, 0.3) is 11.2 Å². The van der Waals surface area contributed by atoms with Gasteiger partial charge in [0.05, 0.1) is 0 Å². The Balaban J connectivity index is 2.05. The lowest BCUT2D eigenvalue weighted by Crippen LogP contribution is -2.29. The van der Waals surface area contributed by atoms with Crippen LogP contribution < -0.4 is 11.2 Å². The molecule has 1 N–H and O–H groups in total. The smallest absolute Gasteiger partial charge is 0.313 e. The normalized spacial score (nSPS) is 11.2. The quantitative estimate of drug-likeness (QED) is 0.698. The summed E-state index contributed by atoms with van der Waals surface area (Å²) in [5, 5.41) is 0.772. The van der Waals surface area contributed by atoms with Crippen molar-refractivity contribution < 1.29 is 0 Å². The standard InChI is InChI=1S/C17H20N4O2S/c1-3-4-10-21-13-14(20(2)16(23)19-15(13)22)18-17(21)24-11-12-8-6-5-7-9-12/h5-9H,3-4,10-11H2,1-2H3,(H,19,22,23). The highest BCUT2D eigenvalue weighted by Gasteiger charge is 2.17. The summed E-state index contributed by atoms with van der Waals surface area (Å²) in [7, 11) is 1.63. The summed E-state index contributed by atoms with van der Waals surface area (Å²) in [5.41, 5.74) is 1.30. The summed E-state index contributed by atoms with van der Waals surface area (Å²) >= 11 is 1.58. The van der Waals surface area contributed by atoms with Gasteiger partial charge < -0.3 is 4.57 Å². The van der Waals surface area contributed by atoms with Crippen molar-refractivity contribution in [1.29, 1.82) is 0 Å². The molecule has 0 bridgehead atoms. The maximum atomic E-state index is 12.3. The minimum Gasteiger partial charge on any atom is -0.313 e. The van der Waals surface area contributed by atoms with Gasteiger partial charge >= 0.3 is 5.69 Å². The largest absolute Gasteiger partial charge is 0.329 e. The van der Waals surface area contributed by atoms with Crippen LogP contribution in [0, 0.1) is 0 Å². The van der Waals surface area contributed by atoms with E-state index < -0.39 is 5.69 Å². The molecule has 0 saturated carbocycles. The lowest BCUT2D eigenvalue weighted by Gasteiger charge is -2.07. The van der Waals surface area contributed by atoms with Crippen molar-refractivity contribution in [2.24, 2.45) is 7.05 Å². The van der Waals surface area contributed by atoms with E-state index >= 15 is 0 Å². The van der Waals surface area contributed by atoms with Crippen molar-refractivity contribution >= 4 is 22.9 Å². The third-order valence-corrected chi connectivity index (χ3v) is 4.97. The molecule has 3 rings (SSSR count). The zero-order valence-electron chi connectivity index (χ0n) is 13.8. The summed E-state index contributed by atoms with van der Waals surface area (Å²) < 4.78 is 3.33. The number of nitrogens with zero attached hydrogens (tertiary/aromatic N) is 3. The Morgan fingerprint density at radius 2 is 1.96 bits per heavy atom. The Labute approximate surface area is 143 Å². The second-order valence-corrected chi connectivity index (χ2v) is 6.61. The van der Waals surface area contributed by atoms with E-state index in [4.69, 9.17) is 0 Å². The molecule has 24 heavy (non-hydrogen) atoms. The summed E-state index contributed by atoms with van der Waals surface area (Å²) in [5.74, 6) is 0.766. The summed E-state index contributed by atoms with van der Waals surface area (Å²) in [6, 6.07) is 10.1. The van der Waals surface area contributed by atoms with E-state index in [0.717, 1.165) is 23.8 Å². The van der Waals surface area contributed by atoms with Gasteiger partial charge in [0.2, 0.25) is 0 Å². The van der Waals surface area contributed by atoms with Crippen molar-refractivity contribution in [3.8, 4) is 0 Å². The number of hydrogen-bond donors (Lipinski definition) is 1. The predicted octanol–water partition coefficient (Wildman–Crippen LogP) is 2.52. The highest BCUT2D eigenvalue weighted by Crippen LogP contribution is 2.25.